The smallest absolute Gasteiger partial charge is 0.302 e. The third-order valence-corrected chi connectivity index (χ3v) is 5.23. The minimum atomic E-state index is -0.496. The summed E-state index contributed by atoms with van der Waals surface area (Å²) in [7, 11) is 0. The second-order valence-corrected chi connectivity index (χ2v) is 8.11. The maximum atomic E-state index is 11.0. The SMILES string of the molecule is CC(=O)OCCN(CCOC(C)=O)c1ccc(N=Nc2c(Br)cc([N+](=O)[O-])cc2Br)cc1. The van der Waals surface area contributed by atoms with Crippen molar-refractivity contribution in [2.24, 2.45) is 10.2 Å². The molecule has 2 aromatic rings. The van der Waals surface area contributed by atoms with Crippen LogP contribution in [0.15, 0.2) is 55.6 Å². The number of halogens is 2. The zero-order valence-electron chi connectivity index (χ0n) is 17.3. The zero-order valence-corrected chi connectivity index (χ0v) is 20.5. The highest BCUT2D eigenvalue weighted by molar-refractivity contribution is 9.11. The molecule has 32 heavy (non-hydrogen) atoms. The number of hydrogen-bond acceptors (Lipinski definition) is 9. The van der Waals surface area contributed by atoms with Crippen molar-refractivity contribution in [1.82, 2.24) is 0 Å². The Morgan fingerprint density at radius 2 is 1.47 bits per heavy atom. The molecule has 0 aromatic heterocycles. The molecule has 0 heterocycles. The molecule has 0 spiro atoms. The normalized spacial score (nSPS) is 10.8. The summed E-state index contributed by atoms with van der Waals surface area (Å²) in [6, 6.07) is 9.83. The second-order valence-electron chi connectivity index (χ2n) is 6.40. The van der Waals surface area contributed by atoms with Crippen molar-refractivity contribution >= 4 is 66.5 Å². The van der Waals surface area contributed by atoms with Gasteiger partial charge in [-0.1, -0.05) is 0 Å². The summed E-state index contributed by atoms with van der Waals surface area (Å²) < 4.78 is 10.9. The Labute approximate surface area is 201 Å². The summed E-state index contributed by atoms with van der Waals surface area (Å²) in [5.41, 5.74) is 1.73. The Hall–Kier alpha value is -2.86. The molecule has 0 N–H and O–H groups in total. The highest BCUT2D eigenvalue weighted by atomic mass is 79.9. The van der Waals surface area contributed by atoms with Crippen molar-refractivity contribution in [3.8, 4) is 0 Å². The van der Waals surface area contributed by atoms with E-state index >= 15 is 0 Å². The number of anilines is 1. The fraction of sp³-hybridized carbons (Fsp3) is 0.300. The molecule has 2 rings (SSSR count). The summed E-state index contributed by atoms with van der Waals surface area (Å²) >= 11 is 6.54. The molecule has 0 saturated carbocycles. The van der Waals surface area contributed by atoms with Crippen molar-refractivity contribution in [2.45, 2.75) is 13.8 Å². The highest BCUT2D eigenvalue weighted by Crippen LogP contribution is 2.38. The number of esters is 2. The highest BCUT2D eigenvalue weighted by Gasteiger charge is 2.14. The Kier molecular flexibility index (Phi) is 9.72. The third kappa shape index (κ3) is 8.00. The Morgan fingerprint density at radius 1 is 0.969 bits per heavy atom. The summed E-state index contributed by atoms with van der Waals surface area (Å²) in [5, 5.41) is 19.3. The first-order chi connectivity index (χ1) is 15.2. The van der Waals surface area contributed by atoms with Gasteiger partial charge in [-0.3, -0.25) is 19.7 Å². The third-order valence-electron chi connectivity index (χ3n) is 4.03. The van der Waals surface area contributed by atoms with E-state index in [0.717, 1.165) is 5.69 Å². The van der Waals surface area contributed by atoms with Gasteiger partial charge in [0, 0.05) is 31.7 Å². The first-order valence-corrected chi connectivity index (χ1v) is 10.9. The van der Waals surface area contributed by atoms with Crippen LogP contribution in [0, 0.1) is 10.1 Å². The van der Waals surface area contributed by atoms with Crippen LogP contribution in [-0.2, 0) is 19.1 Å². The van der Waals surface area contributed by atoms with Crippen LogP contribution in [-0.4, -0.2) is 43.2 Å². The fourth-order valence-electron chi connectivity index (χ4n) is 2.56. The zero-order chi connectivity index (χ0) is 23.7. The molecule has 0 aliphatic carbocycles. The van der Waals surface area contributed by atoms with Crippen molar-refractivity contribution in [1.29, 1.82) is 0 Å². The molecule has 0 aliphatic heterocycles. The molecular weight excluding hydrogens is 552 g/mol. The van der Waals surface area contributed by atoms with Crippen LogP contribution < -0.4 is 4.90 Å². The number of azo groups is 1. The lowest BCUT2D eigenvalue weighted by Gasteiger charge is -2.24. The predicted molar refractivity (Wildman–Crippen MR) is 125 cm³/mol. The number of nitro benzene ring substituents is 1. The van der Waals surface area contributed by atoms with Gasteiger partial charge in [0.1, 0.15) is 18.9 Å². The van der Waals surface area contributed by atoms with E-state index in [0.29, 0.717) is 33.4 Å². The number of carbonyl (C=O) groups is 2. The lowest BCUT2D eigenvalue weighted by atomic mass is 10.2. The van der Waals surface area contributed by atoms with Gasteiger partial charge in [0.2, 0.25) is 0 Å². The van der Waals surface area contributed by atoms with Gasteiger partial charge in [-0.05, 0) is 56.1 Å². The van der Waals surface area contributed by atoms with Crippen LogP contribution in [0.2, 0.25) is 0 Å². The van der Waals surface area contributed by atoms with E-state index in [1.807, 2.05) is 17.0 Å². The lowest BCUT2D eigenvalue weighted by molar-refractivity contribution is -0.385. The monoisotopic (exact) mass is 570 g/mol. The van der Waals surface area contributed by atoms with E-state index in [1.165, 1.54) is 26.0 Å². The molecule has 170 valence electrons. The van der Waals surface area contributed by atoms with Crippen molar-refractivity contribution < 1.29 is 24.0 Å². The van der Waals surface area contributed by atoms with E-state index in [2.05, 4.69) is 42.1 Å². The van der Waals surface area contributed by atoms with Gasteiger partial charge in [-0.15, -0.1) is 5.11 Å². The van der Waals surface area contributed by atoms with E-state index in [1.54, 1.807) is 12.1 Å². The van der Waals surface area contributed by atoms with E-state index in [9.17, 15) is 19.7 Å². The number of rotatable bonds is 10. The molecule has 0 fully saturated rings. The van der Waals surface area contributed by atoms with Gasteiger partial charge < -0.3 is 14.4 Å². The number of carbonyl (C=O) groups excluding carboxylic acids is 2. The second kappa shape index (κ2) is 12.2. The van der Waals surface area contributed by atoms with E-state index in [-0.39, 0.29) is 30.8 Å². The number of benzene rings is 2. The Bertz CT molecular complexity index is 971. The number of hydrogen-bond donors (Lipinski definition) is 0. The van der Waals surface area contributed by atoms with Crippen molar-refractivity contribution in [3.05, 3.63) is 55.5 Å². The molecule has 10 nitrogen and oxygen atoms in total. The molecule has 0 amide bonds. The summed E-state index contributed by atoms with van der Waals surface area (Å²) in [6.45, 7) is 3.90. The van der Waals surface area contributed by atoms with Gasteiger partial charge >= 0.3 is 11.9 Å². The fourth-order valence-corrected chi connectivity index (χ4v) is 3.88. The van der Waals surface area contributed by atoms with Crippen LogP contribution >= 0.6 is 31.9 Å². The number of nitro groups is 1. The molecule has 0 saturated heterocycles. The summed E-state index contributed by atoms with van der Waals surface area (Å²) in [6.07, 6.45) is 0. The molecule has 0 unspecified atom stereocenters. The van der Waals surface area contributed by atoms with Crippen LogP contribution in [0.3, 0.4) is 0 Å². The van der Waals surface area contributed by atoms with Crippen molar-refractivity contribution in [2.75, 3.05) is 31.2 Å². The standard InChI is InChI=1S/C20H20Br2N4O6/c1-13(27)31-9-7-25(8-10-32-14(2)28)16-5-3-15(4-6-16)23-24-20-18(21)11-17(26(29)30)12-19(20)22/h3-6,11-12H,7-10H2,1-2H3. The van der Waals surface area contributed by atoms with Gasteiger partial charge in [0.25, 0.3) is 5.69 Å². The minimum absolute atomic E-state index is 0.0744. The first-order valence-electron chi connectivity index (χ1n) is 9.34. The Morgan fingerprint density at radius 3 is 1.91 bits per heavy atom. The molecule has 12 heteroatoms. The molecule has 2 aromatic carbocycles. The average Bonchev–Trinajstić information content (AvgIpc) is 2.72. The first kappa shape index (κ1) is 25.4. The van der Waals surface area contributed by atoms with Gasteiger partial charge in [0.15, 0.2) is 0 Å². The number of ether oxygens (including phenoxy) is 2. The van der Waals surface area contributed by atoms with Crippen LogP contribution in [0.1, 0.15) is 13.8 Å². The molecule has 0 atom stereocenters. The van der Waals surface area contributed by atoms with Crippen LogP contribution in [0.5, 0.6) is 0 Å². The van der Waals surface area contributed by atoms with Gasteiger partial charge in [-0.2, -0.15) is 5.11 Å². The summed E-state index contributed by atoms with van der Waals surface area (Å²) in [5.74, 6) is -0.742. The number of nitrogens with zero attached hydrogens (tertiary/aromatic N) is 4. The van der Waals surface area contributed by atoms with Gasteiger partial charge in [-0.25, -0.2) is 0 Å². The maximum absolute atomic E-state index is 11.0. The molecule has 0 aliphatic rings. The predicted octanol–water partition coefficient (Wildman–Crippen LogP) is 5.47. The minimum Gasteiger partial charge on any atom is -0.464 e. The van der Waals surface area contributed by atoms with Crippen LogP contribution in [0.25, 0.3) is 0 Å². The largest absolute Gasteiger partial charge is 0.464 e. The van der Waals surface area contributed by atoms with Crippen molar-refractivity contribution in [3.63, 3.8) is 0 Å². The van der Waals surface area contributed by atoms with Gasteiger partial charge in [0.05, 0.1) is 32.6 Å². The lowest BCUT2D eigenvalue weighted by Crippen LogP contribution is -2.31. The topological polar surface area (TPSA) is 124 Å². The number of non-ortho nitro benzene ring substituents is 1. The van der Waals surface area contributed by atoms with E-state index < -0.39 is 4.92 Å². The van der Waals surface area contributed by atoms with E-state index in [4.69, 9.17) is 9.47 Å². The Balaban J connectivity index is 2.13. The molecule has 0 radical (unpaired) electrons. The van der Waals surface area contributed by atoms with Crippen LogP contribution in [0.4, 0.5) is 22.7 Å². The summed E-state index contributed by atoms with van der Waals surface area (Å²) in [4.78, 5) is 34.4. The average molecular weight is 572 g/mol. The maximum Gasteiger partial charge on any atom is 0.302 e. The molecular formula is C20H20Br2N4O6. The quantitative estimate of drug-likeness (QED) is 0.160. The molecule has 0 bridgehead atoms.